The number of aromatic hydroxyl groups is 1. The number of hydrogen-bond donors (Lipinski definition) is 2. The molecule has 0 aliphatic rings. The summed E-state index contributed by atoms with van der Waals surface area (Å²) in [6.07, 6.45) is 0. The van der Waals surface area contributed by atoms with Crippen molar-refractivity contribution in [1.29, 1.82) is 0 Å². The molecule has 2 N–H and O–H groups in total. The Kier molecular flexibility index (Phi) is 5.26. The van der Waals surface area contributed by atoms with Gasteiger partial charge in [0.2, 0.25) is 0 Å². The lowest BCUT2D eigenvalue weighted by Crippen LogP contribution is -2.20. The number of phenolic OH excluding ortho intramolecular Hbond substituents is 1. The smallest absolute Gasteiger partial charge is 0.160 e. The third-order valence-corrected chi connectivity index (χ3v) is 2.86. The molecule has 0 aliphatic heterocycles. The number of methoxy groups -OCH3 is 1. The first-order chi connectivity index (χ1) is 9.79. The molecule has 4 nitrogen and oxygen atoms in total. The van der Waals surface area contributed by atoms with E-state index in [4.69, 9.17) is 9.47 Å². The summed E-state index contributed by atoms with van der Waals surface area (Å²) in [6, 6.07) is 15.1. The van der Waals surface area contributed by atoms with E-state index in [-0.39, 0.29) is 5.75 Å². The minimum Gasteiger partial charge on any atom is -0.504 e. The van der Waals surface area contributed by atoms with E-state index in [2.05, 4.69) is 5.32 Å². The molecule has 106 valence electrons. The highest BCUT2D eigenvalue weighted by Crippen LogP contribution is 2.26. The van der Waals surface area contributed by atoms with Gasteiger partial charge in [0.1, 0.15) is 12.4 Å². The lowest BCUT2D eigenvalue weighted by molar-refractivity contribution is 0.313. The largest absolute Gasteiger partial charge is 0.504 e. The number of benzene rings is 2. The van der Waals surface area contributed by atoms with Gasteiger partial charge in [-0.1, -0.05) is 24.3 Å². The molecule has 0 atom stereocenters. The van der Waals surface area contributed by atoms with Gasteiger partial charge in [0, 0.05) is 13.1 Å². The van der Waals surface area contributed by atoms with Crippen molar-refractivity contribution in [3.05, 3.63) is 54.1 Å². The molecule has 0 amide bonds. The fourth-order valence-electron chi connectivity index (χ4n) is 1.82. The molecule has 0 heterocycles. The van der Waals surface area contributed by atoms with E-state index in [0.29, 0.717) is 18.9 Å². The lowest BCUT2D eigenvalue weighted by Gasteiger charge is -2.09. The van der Waals surface area contributed by atoms with Gasteiger partial charge in [-0.25, -0.2) is 0 Å². The molecule has 2 rings (SSSR count). The summed E-state index contributed by atoms with van der Waals surface area (Å²) in [4.78, 5) is 0. The Morgan fingerprint density at radius 2 is 1.90 bits per heavy atom. The van der Waals surface area contributed by atoms with E-state index < -0.39 is 0 Å². The molecule has 0 saturated heterocycles. The summed E-state index contributed by atoms with van der Waals surface area (Å²) in [5.74, 6) is 1.52. The zero-order valence-corrected chi connectivity index (χ0v) is 11.5. The van der Waals surface area contributed by atoms with E-state index >= 15 is 0 Å². The first-order valence-electron chi connectivity index (χ1n) is 6.54. The zero-order chi connectivity index (χ0) is 14.2. The highest BCUT2D eigenvalue weighted by molar-refractivity contribution is 5.41. The van der Waals surface area contributed by atoms with Crippen LogP contribution in [-0.4, -0.2) is 25.4 Å². The maximum Gasteiger partial charge on any atom is 0.160 e. The number of rotatable bonds is 7. The second kappa shape index (κ2) is 7.40. The SMILES string of the molecule is COc1cc(CNCCOc2ccccc2)ccc1O. The van der Waals surface area contributed by atoms with E-state index in [1.165, 1.54) is 0 Å². The van der Waals surface area contributed by atoms with E-state index in [0.717, 1.165) is 17.9 Å². The minimum atomic E-state index is 0.156. The highest BCUT2D eigenvalue weighted by Gasteiger charge is 2.02. The molecule has 0 fully saturated rings. The van der Waals surface area contributed by atoms with Crippen LogP contribution in [0.2, 0.25) is 0 Å². The van der Waals surface area contributed by atoms with Crippen LogP contribution in [-0.2, 0) is 6.54 Å². The van der Waals surface area contributed by atoms with Crippen molar-refractivity contribution in [2.24, 2.45) is 0 Å². The van der Waals surface area contributed by atoms with Crippen LogP contribution in [0.1, 0.15) is 5.56 Å². The molecule has 20 heavy (non-hydrogen) atoms. The first-order valence-corrected chi connectivity index (χ1v) is 6.54. The summed E-state index contributed by atoms with van der Waals surface area (Å²) in [5, 5.41) is 12.8. The quantitative estimate of drug-likeness (QED) is 0.761. The van der Waals surface area contributed by atoms with Crippen LogP contribution in [0.15, 0.2) is 48.5 Å². The van der Waals surface area contributed by atoms with Crippen LogP contribution in [0.4, 0.5) is 0 Å². The molecule has 0 unspecified atom stereocenters. The number of hydrogen-bond acceptors (Lipinski definition) is 4. The average Bonchev–Trinajstić information content (AvgIpc) is 2.49. The zero-order valence-electron chi connectivity index (χ0n) is 11.5. The molecule has 0 radical (unpaired) electrons. The van der Waals surface area contributed by atoms with E-state index in [1.807, 2.05) is 42.5 Å². The number of phenols is 1. The van der Waals surface area contributed by atoms with Gasteiger partial charge in [0.15, 0.2) is 11.5 Å². The standard InChI is InChI=1S/C16H19NO3/c1-19-16-11-13(7-8-15(16)18)12-17-9-10-20-14-5-3-2-4-6-14/h2-8,11,17-18H,9-10,12H2,1H3. The number of ether oxygens (including phenoxy) is 2. The van der Waals surface area contributed by atoms with Gasteiger partial charge in [0.25, 0.3) is 0 Å². The Morgan fingerprint density at radius 3 is 2.65 bits per heavy atom. The summed E-state index contributed by atoms with van der Waals surface area (Å²) in [6.45, 7) is 2.06. The highest BCUT2D eigenvalue weighted by atomic mass is 16.5. The molecule has 2 aromatic carbocycles. The Hall–Kier alpha value is -2.20. The van der Waals surface area contributed by atoms with Gasteiger partial charge in [0.05, 0.1) is 7.11 Å². The average molecular weight is 273 g/mol. The Labute approximate surface area is 119 Å². The molecule has 4 heteroatoms. The van der Waals surface area contributed by atoms with Crippen molar-refractivity contribution >= 4 is 0 Å². The van der Waals surface area contributed by atoms with Crippen LogP contribution in [0.5, 0.6) is 17.2 Å². The van der Waals surface area contributed by atoms with Crippen LogP contribution in [0.3, 0.4) is 0 Å². The summed E-state index contributed by atoms with van der Waals surface area (Å²) in [7, 11) is 1.54. The predicted molar refractivity (Wildman–Crippen MR) is 78.3 cm³/mol. The monoisotopic (exact) mass is 273 g/mol. The molecule has 0 aromatic heterocycles. The fraction of sp³-hybridized carbons (Fsp3) is 0.250. The second-order valence-electron chi connectivity index (χ2n) is 4.34. The molecule has 0 spiro atoms. The van der Waals surface area contributed by atoms with Crippen molar-refractivity contribution in [1.82, 2.24) is 5.32 Å². The molecule has 0 bridgehead atoms. The van der Waals surface area contributed by atoms with Gasteiger partial charge in [-0.05, 0) is 29.8 Å². The van der Waals surface area contributed by atoms with Crippen LogP contribution < -0.4 is 14.8 Å². The molecular weight excluding hydrogens is 254 g/mol. The third kappa shape index (κ3) is 4.17. The fourth-order valence-corrected chi connectivity index (χ4v) is 1.82. The molecular formula is C16H19NO3. The van der Waals surface area contributed by atoms with Gasteiger partial charge >= 0.3 is 0 Å². The normalized spacial score (nSPS) is 10.2. The van der Waals surface area contributed by atoms with Crippen molar-refractivity contribution in [2.75, 3.05) is 20.3 Å². The summed E-state index contributed by atoms with van der Waals surface area (Å²) < 4.78 is 10.6. The van der Waals surface area contributed by atoms with Crippen molar-refractivity contribution in [2.45, 2.75) is 6.54 Å². The topological polar surface area (TPSA) is 50.7 Å². The maximum atomic E-state index is 9.51. The lowest BCUT2D eigenvalue weighted by atomic mass is 10.2. The number of para-hydroxylation sites is 1. The Morgan fingerprint density at radius 1 is 1.10 bits per heavy atom. The van der Waals surface area contributed by atoms with Crippen molar-refractivity contribution in [3.8, 4) is 17.2 Å². The maximum absolute atomic E-state index is 9.51. The van der Waals surface area contributed by atoms with Gasteiger partial charge in [-0.15, -0.1) is 0 Å². The molecule has 2 aromatic rings. The van der Waals surface area contributed by atoms with Crippen LogP contribution in [0.25, 0.3) is 0 Å². The van der Waals surface area contributed by atoms with Crippen LogP contribution in [0, 0.1) is 0 Å². The molecule has 0 saturated carbocycles. The minimum absolute atomic E-state index is 0.156. The van der Waals surface area contributed by atoms with Gasteiger partial charge in [-0.3, -0.25) is 0 Å². The van der Waals surface area contributed by atoms with E-state index in [1.54, 1.807) is 13.2 Å². The summed E-state index contributed by atoms with van der Waals surface area (Å²) >= 11 is 0. The van der Waals surface area contributed by atoms with Crippen LogP contribution >= 0.6 is 0 Å². The Bertz CT molecular complexity index is 529. The molecule has 0 aliphatic carbocycles. The van der Waals surface area contributed by atoms with E-state index in [9.17, 15) is 5.11 Å². The Balaban J connectivity index is 1.71. The van der Waals surface area contributed by atoms with Crippen molar-refractivity contribution in [3.63, 3.8) is 0 Å². The second-order valence-corrected chi connectivity index (χ2v) is 4.34. The van der Waals surface area contributed by atoms with Gasteiger partial charge in [-0.2, -0.15) is 0 Å². The van der Waals surface area contributed by atoms with Gasteiger partial charge < -0.3 is 19.9 Å². The third-order valence-electron chi connectivity index (χ3n) is 2.86. The van der Waals surface area contributed by atoms with Crippen molar-refractivity contribution < 1.29 is 14.6 Å². The predicted octanol–water partition coefficient (Wildman–Crippen LogP) is 2.57. The number of nitrogens with one attached hydrogen (secondary N) is 1. The summed E-state index contributed by atoms with van der Waals surface area (Å²) in [5.41, 5.74) is 1.05. The first kappa shape index (κ1) is 14.2.